The average molecular weight is 424 g/mol. The number of aryl methyl sites for hydroxylation is 1. The summed E-state index contributed by atoms with van der Waals surface area (Å²) in [7, 11) is 3.98. The molecule has 0 aliphatic carbocycles. The highest BCUT2D eigenvalue weighted by molar-refractivity contribution is 6.05. The van der Waals surface area contributed by atoms with E-state index in [9.17, 15) is 14.4 Å². The number of nitrogens with one attached hydrogen (secondary N) is 2. The second-order valence-electron chi connectivity index (χ2n) is 7.53. The summed E-state index contributed by atoms with van der Waals surface area (Å²) in [6, 6.07) is 11.2. The van der Waals surface area contributed by atoms with E-state index in [2.05, 4.69) is 25.8 Å². The zero-order valence-corrected chi connectivity index (χ0v) is 18.4. The molecule has 2 rings (SSSR count). The fraction of sp³-hybridized carbons (Fsp3) is 0.348. The molecule has 0 aliphatic heterocycles. The summed E-state index contributed by atoms with van der Waals surface area (Å²) in [6.45, 7) is 4.99. The molecule has 164 valence electrons. The molecule has 2 amide bonds. The predicted molar refractivity (Wildman–Crippen MR) is 121 cm³/mol. The molecule has 0 radical (unpaired) electrons. The first-order valence-electron chi connectivity index (χ1n) is 10.1. The summed E-state index contributed by atoms with van der Waals surface area (Å²) < 4.78 is 0. The van der Waals surface area contributed by atoms with Crippen molar-refractivity contribution < 1.29 is 14.4 Å². The quantitative estimate of drug-likeness (QED) is 0.249. The fourth-order valence-electron chi connectivity index (χ4n) is 2.97. The van der Waals surface area contributed by atoms with E-state index >= 15 is 0 Å². The summed E-state index contributed by atoms with van der Waals surface area (Å²) in [6.07, 6.45) is 1.38. The van der Waals surface area contributed by atoms with Crippen molar-refractivity contribution in [2.75, 3.05) is 32.5 Å². The Hall–Kier alpha value is -3.39. The van der Waals surface area contributed by atoms with Crippen LogP contribution in [0.25, 0.3) is 0 Å². The molecule has 1 unspecified atom stereocenters. The van der Waals surface area contributed by atoms with E-state index in [1.54, 1.807) is 49.4 Å². The van der Waals surface area contributed by atoms with E-state index in [-0.39, 0.29) is 11.7 Å². The van der Waals surface area contributed by atoms with Crippen LogP contribution in [0.1, 0.15) is 39.6 Å². The monoisotopic (exact) mass is 423 g/mol. The lowest BCUT2D eigenvalue weighted by Gasteiger charge is -2.11. The third kappa shape index (κ3) is 7.42. The van der Waals surface area contributed by atoms with Crippen molar-refractivity contribution in [3.63, 3.8) is 0 Å². The van der Waals surface area contributed by atoms with Gasteiger partial charge in [0.25, 0.3) is 5.91 Å². The molecule has 2 aromatic carbocycles. The van der Waals surface area contributed by atoms with Gasteiger partial charge in [0.15, 0.2) is 5.78 Å². The summed E-state index contributed by atoms with van der Waals surface area (Å²) in [5.74, 6) is -0.433. The van der Waals surface area contributed by atoms with Gasteiger partial charge in [0, 0.05) is 17.7 Å². The molecule has 1 atom stereocenters. The lowest BCUT2D eigenvalue weighted by molar-refractivity contribution is -0.105. The van der Waals surface area contributed by atoms with Crippen LogP contribution in [0, 0.1) is 6.92 Å². The van der Waals surface area contributed by atoms with Crippen molar-refractivity contribution in [3.05, 3.63) is 59.2 Å². The molecule has 2 N–H and O–H groups in total. The SMILES string of the molecule is Cc1cc(N=NC(C)C(=O)c2ccccc2NC=O)cc(C(=O)NCCCN(C)C)c1. The molecule has 0 fully saturated rings. The molecule has 0 bridgehead atoms. The Morgan fingerprint density at radius 1 is 1.16 bits per heavy atom. The van der Waals surface area contributed by atoms with E-state index < -0.39 is 6.04 Å². The maximum Gasteiger partial charge on any atom is 0.251 e. The number of amides is 2. The number of benzene rings is 2. The molecule has 0 saturated heterocycles. The molecule has 31 heavy (non-hydrogen) atoms. The predicted octanol–water partition coefficient (Wildman–Crippen LogP) is 3.60. The van der Waals surface area contributed by atoms with Gasteiger partial charge in [0.2, 0.25) is 6.41 Å². The van der Waals surface area contributed by atoms with Crippen LogP contribution in [0.4, 0.5) is 11.4 Å². The summed E-state index contributed by atoms with van der Waals surface area (Å²) in [5.41, 5.74) is 2.65. The lowest BCUT2D eigenvalue weighted by Crippen LogP contribution is -2.27. The number of ketones is 1. The van der Waals surface area contributed by atoms with Gasteiger partial charge in [-0.3, -0.25) is 14.4 Å². The van der Waals surface area contributed by atoms with Crippen molar-refractivity contribution in [2.24, 2.45) is 10.2 Å². The Balaban J connectivity index is 2.09. The third-order valence-electron chi connectivity index (χ3n) is 4.52. The van der Waals surface area contributed by atoms with Crippen LogP contribution in [-0.2, 0) is 4.79 Å². The minimum absolute atomic E-state index is 0.170. The van der Waals surface area contributed by atoms with Gasteiger partial charge in [-0.1, -0.05) is 12.1 Å². The number of carbonyl (C=O) groups is 3. The number of anilines is 1. The highest BCUT2D eigenvalue weighted by Crippen LogP contribution is 2.21. The van der Waals surface area contributed by atoms with Gasteiger partial charge in [-0.25, -0.2) is 0 Å². The molecule has 8 heteroatoms. The normalized spacial score (nSPS) is 12.0. The van der Waals surface area contributed by atoms with Gasteiger partial charge in [-0.05, 0) is 76.8 Å². The number of Topliss-reactive ketones (excluding diaryl/α,β-unsaturated/α-hetero) is 1. The summed E-state index contributed by atoms with van der Waals surface area (Å²) in [4.78, 5) is 38.0. The second kappa shape index (κ2) is 11.7. The standard InChI is InChI=1S/C23H29N5O3/c1-16-12-18(23(31)24-10-7-11-28(3)4)14-19(13-16)27-26-17(2)22(30)20-8-5-6-9-21(20)25-15-29/h5-6,8-9,12-15,17H,7,10-11H2,1-4H3,(H,24,31)(H,25,29). The van der Waals surface area contributed by atoms with Crippen LogP contribution in [0.5, 0.6) is 0 Å². The van der Waals surface area contributed by atoms with E-state index in [0.717, 1.165) is 18.5 Å². The van der Waals surface area contributed by atoms with Gasteiger partial charge in [0.05, 0.1) is 11.4 Å². The van der Waals surface area contributed by atoms with Gasteiger partial charge in [-0.15, -0.1) is 0 Å². The highest BCUT2D eigenvalue weighted by Gasteiger charge is 2.18. The average Bonchev–Trinajstić information content (AvgIpc) is 2.74. The van der Waals surface area contributed by atoms with E-state index in [1.165, 1.54) is 0 Å². The number of hydrogen-bond donors (Lipinski definition) is 2. The van der Waals surface area contributed by atoms with E-state index in [1.807, 2.05) is 21.0 Å². The number of para-hydroxylation sites is 1. The lowest BCUT2D eigenvalue weighted by atomic mass is 10.0. The molecule has 2 aromatic rings. The van der Waals surface area contributed by atoms with E-state index in [0.29, 0.717) is 35.5 Å². The highest BCUT2D eigenvalue weighted by atomic mass is 16.2. The van der Waals surface area contributed by atoms with Gasteiger partial charge >= 0.3 is 0 Å². The first kappa shape index (κ1) is 23.9. The second-order valence-corrected chi connectivity index (χ2v) is 7.53. The molecule has 8 nitrogen and oxygen atoms in total. The molecule has 0 aromatic heterocycles. The van der Waals surface area contributed by atoms with Crippen LogP contribution < -0.4 is 10.6 Å². The Bertz CT molecular complexity index is 956. The van der Waals surface area contributed by atoms with Gasteiger partial charge in [-0.2, -0.15) is 10.2 Å². The molecule has 0 spiro atoms. The minimum atomic E-state index is -0.751. The van der Waals surface area contributed by atoms with Crippen molar-refractivity contribution in [2.45, 2.75) is 26.3 Å². The first-order valence-corrected chi connectivity index (χ1v) is 10.1. The molecular formula is C23H29N5O3. The smallest absolute Gasteiger partial charge is 0.251 e. The summed E-state index contributed by atoms with van der Waals surface area (Å²) >= 11 is 0. The van der Waals surface area contributed by atoms with Crippen LogP contribution in [0.2, 0.25) is 0 Å². The Morgan fingerprint density at radius 3 is 2.61 bits per heavy atom. The van der Waals surface area contributed by atoms with Crippen molar-refractivity contribution in [1.29, 1.82) is 0 Å². The van der Waals surface area contributed by atoms with Gasteiger partial charge < -0.3 is 15.5 Å². The maximum atomic E-state index is 12.7. The van der Waals surface area contributed by atoms with Crippen LogP contribution in [-0.4, -0.2) is 56.2 Å². The summed E-state index contributed by atoms with van der Waals surface area (Å²) in [5, 5.41) is 13.7. The first-order chi connectivity index (χ1) is 14.8. The van der Waals surface area contributed by atoms with E-state index in [4.69, 9.17) is 0 Å². The van der Waals surface area contributed by atoms with Crippen molar-refractivity contribution in [3.8, 4) is 0 Å². The zero-order chi connectivity index (χ0) is 22.8. The van der Waals surface area contributed by atoms with Gasteiger partial charge in [0.1, 0.15) is 6.04 Å². The molecule has 0 saturated carbocycles. The molecule has 0 heterocycles. The largest absolute Gasteiger partial charge is 0.352 e. The topological polar surface area (TPSA) is 103 Å². The number of rotatable bonds is 11. The minimum Gasteiger partial charge on any atom is -0.352 e. The molecule has 0 aliphatic rings. The van der Waals surface area contributed by atoms with Crippen LogP contribution >= 0.6 is 0 Å². The zero-order valence-electron chi connectivity index (χ0n) is 18.4. The Labute approximate surface area is 182 Å². The van der Waals surface area contributed by atoms with Crippen molar-refractivity contribution >= 4 is 29.5 Å². The number of azo groups is 1. The molecular weight excluding hydrogens is 394 g/mol. The number of carbonyl (C=O) groups excluding carboxylic acids is 3. The number of nitrogens with zero attached hydrogens (tertiary/aromatic N) is 3. The van der Waals surface area contributed by atoms with Crippen LogP contribution in [0.3, 0.4) is 0 Å². The Morgan fingerprint density at radius 2 is 1.90 bits per heavy atom. The Kier molecular flexibility index (Phi) is 9.02. The van der Waals surface area contributed by atoms with Crippen molar-refractivity contribution in [1.82, 2.24) is 10.2 Å². The fourth-order valence-corrected chi connectivity index (χ4v) is 2.97. The third-order valence-corrected chi connectivity index (χ3v) is 4.52. The maximum absolute atomic E-state index is 12.7. The van der Waals surface area contributed by atoms with Crippen LogP contribution in [0.15, 0.2) is 52.7 Å². The number of hydrogen-bond acceptors (Lipinski definition) is 6.